The van der Waals surface area contributed by atoms with Crippen LogP contribution in [0.5, 0.6) is 0 Å². The average Bonchev–Trinajstić information content (AvgIpc) is 3.11. The monoisotopic (exact) mass is 425 g/mol. The summed E-state index contributed by atoms with van der Waals surface area (Å²) in [5.41, 5.74) is 6.58. The Kier molecular flexibility index (Phi) is 5.52. The van der Waals surface area contributed by atoms with Crippen LogP contribution in [-0.2, 0) is 16.0 Å². The van der Waals surface area contributed by atoms with Gasteiger partial charge in [0.25, 0.3) is 0 Å². The number of nitrogens with one attached hydrogen (secondary N) is 2. The quantitative estimate of drug-likeness (QED) is 0.496. The number of benzene rings is 1. The van der Waals surface area contributed by atoms with Crippen molar-refractivity contribution in [2.75, 3.05) is 0 Å². The molecule has 0 spiro atoms. The van der Waals surface area contributed by atoms with E-state index in [0.29, 0.717) is 12.8 Å². The van der Waals surface area contributed by atoms with Crippen LogP contribution in [0.3, 0.4) is 0 Å². The Morgan fingerprint density at radius 1 is 0.967 bits per heavy atom. The lowest BCUT2D eigenvalue weighted by Crippen LogP contribution is -2.50. The number of carbonyl (C=O) groups excluding carboxylic acids is 2. The molecule has 0 radical (unpaired) electrons. The van der Waals surface area contributed by atoms with Gasteiger partial charge in [0.15, 0.2) is 0 Å². The second kappa shape index (κ2) is 8.29. The van der Waals surface area contributed by atoms with E-state index in [1.807, 2.05) is 18.2 Å². The van der Waals surface area contributed by atoms with Crippen molar-refractivity contribution in [3.8, 4) is 0 Å². The third-order valence-corrected chi connectivity index (χ3v) is 8.52. The number of fused-ring (bicyclic) bond motifs is 1. The molecule has 4 aliphatic rings. The summed E-state index contributed by atoms with van der Waals surface area (Å²) in [5.74, 6) is 2.41. The first-order chi connectivity index (χ1) is 14.6. The van der Waals surface area contributed by atoms with E-state index >= 15 is 0 Å². The number of unbranched alkanes of at least 4 members (excludes halogenated alkanes) is 1. The predicted molar refractivity (Wildman–Crippen MR) is 119 cm³/mol. The van der Waals surface area contributed by atoms with Gasteiger partial charge in [-0.1, -0.05) is 12.1 Å². The van der Waals surface area contributed by atoms with Crippen LogP contribution in [0.25, 0.3) is 10.2 Å². The van der Waals surface area contributed by atoms with E-state index in [1.165, 1.54) is 43.2 Å². The van der Waals surface area contributed by atoms with Crippen LogP contribution in [0.15, 0.2) is 24.3 Å². The van der Waals surface area contributed by atoms with Crippen molar-refractivity contribution in [3.63, 3.8) is 0 Å². The number of amides is 2. The minimum atomic E-state index is -0.0989. The van der Waals surface area contributed by atoms with E-state index in [4.69, 9.17) is 0 Å². The highest BCUT2D eigenvalue weighted by molar-refractivity contribution is 7.18. The fourth-order valence-electron chi connectivity index (χ4n) is 6.68. The van der Waals surface area contributed by atoms with E-state index in [-0.39, 0.29) is 17.2 Å². The van der Waals surface area contributed by atoms with E-state index in [9.17, 15) is 9.59 Å². The van der Waals surface area contributed by atoms with Crippen molar-refractivity contribution in [2.24, 2.45) is 23.2 Å². The van der Waals surface area contributed by atoms with Gasteiger partial charge < -0.3 is 0 Å². The second-order valence-corrected chi connectivity index (χ2v) is 11.1. The molecular formula is C24H31N3O2S. The molecule has 2 amide bonds. The topological polar surface area (TPSA) is 71.1 Å². The van der Waals surface area contributed by atoms with Crippen LogP contribution >= 0.6 is 11.3 Å². The van der Waals surface area contributed by atoms with Gasteiger partial charge in [-0.3, -0.25) is 20.4 Å². The summed E-state index contributed by atoms with van der Waals surface area (Å²) in [4.78, 5) is 29.3. The van der Waals surface area contributed by atoms with Gasteiger partial charge in [0.2, 0.25) is 11.8 Å². The molecule has 1 aromatic heterocycles. The van der Waals surface area contributed by atoms with Crippen LogP contribution in [-0.4, -0.2) is 16.8 Å². The first kappa shape index (κ1) is 20.0. The van der Waals surface area contributed by atoms with Crippen molar-refractivity contribution in [2.45, 2.75) is 70.6 Å². The molecule has 1 aromatic carbocycles. The minimum absolute atomic E-state index is 0.0141. The van der Waals surface area contributed by atoms with Gasteiger partial charge in [-0.2, -0.15) is 0 Å². The van der Waals surface area contributed by atoms with Crippen molar-refractivity contribution in [1.29, 1.82) is 0 Å². The van der Waals surface area contributed by atoms with Gasteiger partial charge in [0, 0.05) is 12.8 Å². The third kappa shape index (κ3) is 4.39. The molecule has 0 saturated heterocycles. The number of aryl methyl sites for hydroxylation is 1. The molecule has 0 aliphatic heterocycles. The maximum atomic E-state index is 12.5. The SMILES string of the molecule is O=C(CCCCc1nc2ccccc2s1)NNC(=O)CC12CC3CC(CC(C3)C1)C2. The predicted octanol–water partition coefficient (Wildman–Crippen LogP) is 4.76. The first-order valence-corrected chi connectivity index (χ1v) is 12.3. The van der Waals surface area contributed by atoms with Gasteiger partial charge in [-0.15, -0.1) is 11.3 Å². The summed E-state index contributed by atoms with van der Waals surface area (Å²) in [6.07, 6.45) is 11.4. The summed E-state index contributed by atoms with van der Waals surface area (Å²) in [6.45, 7) is 0. The molecule has 0 unspecified atom stereocenters. The number of rotatable bonds is 7. The normalized spacial score (nSPS) is 29.3. The van der Waals surface area contributed by atoms with Gasteiger partial charge in [-0.25, -0.2) is 4.98 Å². The number of thiazole rings is 1. The zero-order valence-electron chi connectivity index (χ0n) is 17.5. The molecule has 6 rings (SSSR count). The molecular weight excluding hydrogens is 394 g/mol. The molecule has 4 aliphatic carbocycles. The van der Waals surface area contributed by atoms with E-state index in [2.05, 4.69) is 21.9 Å². The molecule has 4 bridgehead atoms. The molecule has 2 N–H and O–H groups in total. The number of hydrogen-bond acceptors (Lipinski definition) is 4. The van der Waals surface area contributed by atoms with Crippen LogP contribution in [0, 0.1) is 23.2 Å². The summed E-state index contributed by atoms with van der Waals surface area (Å²) in [5, 5.41) is 1.13. The summed E-state index contributed by atoms with van der Waals surface area (Å²) in [7, 11) is 0. The molecule has 4 fully saturated rings. The zero-order chi connectivity index (χ0) is 20.6. The Bertz CT molecular complexity index is 869. The van der Waals surface area contributed by atoms with Crippen molar-refractivity contribution >= 4 is 33.4 Å². The van der Waals surface area contributed by atoms with Crippen LogP contribution in [0.2, 0.25) is 0 Å². The Hall–Kier alpha value is -1.95. The number of carbonyl (C=O) groups is 2. The largest absolute Gasteiger partial charge is 0.273 e. The highest BCUT2D eigenvalue weighted by Crippen LogP contribution is 2.61. The first-order valence-electron chi connectivity index (χ1n) is 11.5. The molecule has 0 atom stereocenters. The van der Waals surface area contributed by atoms with Gasteiger partial charge >= 0.3 is 0 Å². The Morgan fingerprint density at radius 2 is 1.63 bits per heavy atom. The van der Waals surface area contributed by atoms with Crippen LogP contribution < -0.4 is 10.9 Å². The number of hydrazine groups is 1. The highest BCUT2D eigenvalue weighted by Gasteiger charge is 2.51. The van der Waals surface area contributed by atoms with E-state index in [1.54, 1.807) is 11.3 Å². The third-order valence-electron chi connectivity index (χ3n) is 7.42. The zero-order valence-corrected chi connectivity index (χ0v) is 18.3. The molecule has 2 aromatic rings. The summed E-state index contributed by atoms with van der Waals surface area (Å²) in [6, 6.07) is 8.17. The number of nitrogens with zero attached hydrogens (tertiary/aromatic N) is 1. The standard InChI is InChI=1S/C24H31N3O2S/c28-21(7-3-4-8-23-25-19-5-1-2-6-20(19)30-23)26-27-22(29)15-24-12-16-9-17(13-24)11-18(10-16)14-24/h1-2,5-6,16-18H,3-4,7-15H2,(H,26,28)(H,27,29). The average molecular weight is 426 g/mol. The Balaban J connectivity index is 1.01. The number of para-hydroxylation sites is 1. The van der Waals surface area contributed by atoms with Gasteiger partial charge in [0.1, 0.15) is 0 Å². The highest BCUT2D eigenvalue weighted by atomic mass is 32.1. The molecule has 30 heavy (non-hydrogen) atoms. The van der Waals surface area contributed by atoms with Crippen molar-refractivity contribution < 1.29 is 9.59 Å². The molecule has 160 valence electrons. The smallest absolute Gasteiger partial charge is 0.238 e. The summed E-state index contributed by atoms with van der Waals surface area (Å²) >= 11 is 1.73. The van der Waals surface area contributed by atoms with Gasteiger partial charge in [0.05, 0.1) is 15.2 Å². The molecule has 5 nitrogen and oxygen atoms in total. The lowest BCUT2D eigenvalue weighted by Gasteiger charge is -2.56. The molecule has 6 heteroatoms. The Morgan fingerprint density at radius 3 is 2.33 bits per heavy atom. The summed E-state index contributed by atoms with van der Waals surface area (Å²) < 4.78 is 1.21. The maximum absolute atomic E-state index is 12.5. The van der Waals surface area contributed by atoms with Crippen molar-refractivity contribution in [3.05, 3.63) is 29.3 Å². The molecule has 1 heterocycles. The lowest BCUT2D eigenvalue weighted by molar-refractivity contribution is -0.134. The fourth-order valence-corrected chi connectivity index (χ4v) is 7.69. The maximum Gasteiger partial charge on any atom is 0.238 e. The van der Waals surface area contributed by atoms with Gasteiger partial charge in [-0.05, 0) is 93.1 Å². The second-order valence-electron chi connectivity index (χ2n) is 9.97. The lowest BCUT2D eigenvalue weighted by atomic mass is 9.49. The number of hydrogen-bond donors (Lipinski definition) is 2. The molecule has 4 saturated carbocycles. The van der Waals surface area contributed by atoms with Crippen LogP contribution in [0.1, 0.15) is 69.2 Å². The Labute approximate surface area is 182 Å². The van der Waals surface area contributed by atoms with Crippen LogP contribution in [0.4, 0.5) is 0 Å². The van der Waals surface area contributed by atoms with Crippen molar-refractivity contribution in [1.82, 2.24) is 15.8 Å². The number of aromatic nitrogens is 1. The van der Waals surface area contributed by atoms with E-state index in [0.717, 1.165) is 47.5 Å². The fraction of sp³-hybridized carbons (Fsp3) is 0.625. The minimum Gasteiger partial charge on any atom is -0.273 e. The van der Waals surface area contributed by atoms with E-state index < -0.39 is 0 Å².